The van der Waals surface area contributed by atoms with E-state index in [-0.39, 0.29) is 0 Å². The van der Waals surface area contributed by atoms with Crippen LogP contribution in [0.25, 0.3) is 0 Å². The minimum absolute atomic E-state index is 0.519. The third-order valence-corrected chi connectivity index (χ3v) is 15.4. The van der Waals surface area contributed by atoms with E-state index in [1.807, 2.05) is 0 Å². The largest absolute Gasteiger partial charge is 0.0596 e. The van der Waals surface area contributed by atoms with Gasteiger partial charge in [0.25, 0.3) is 0 Å². The van der Waals surface area contributed by atoms with Crippen LogP contribution in [0.4, 0.5) is 0 Å². The highest BCUT2D eigenvalue weighted by Crippen LogP contribution is 2.84. The Morgan fingerprint density at radius 1 is 0.486 bits per heavy atom. The summed E-state index contributed by atoms with van der Waals surface area (Å²) in [6.45, 7) is 30.0. The lowest BCUT2D eigenvalue weighted by Crippen LogP contribution is -2.71. The van der Waals surface area contributed by atoms with Gasteiger partial charge in [-0.05, 0) is 137 Å². The maximum Gasteiger partial charge on any atom is -0.0184 e. The molecular formula is C35H60. The molecule has 0 N–H and O–H groups in total. The second-order valence-electron chi connectivity index (χ2n) is 19.7. The molecule has 7 aliphatic rings. The Balaban J connectivity index is 0.000000151. The first kappa shape index (κ1) is 25.3. The van der Waals surface area contributed by atoms with Crippen molar-refractivity contribution in [2.45, 2.75) is 141 Å². The first-order valence-corrected chi connectivity index (χ1v) is 15.7. The van der Waals surface area contributed by atoms with Crippen molar-refractivity contribution >= 4 is 0 Å². The fourth-order valence-electron chi connectivity index (χ4n) is 12.7. The summed E-state index contributed by atoms with van der Waals surface area (Å²) in [5, 5.41) is 0. The van der Waals surface area contributed by atoms with Crippen molar-refractivity contribution in [2.24, 2.45) is 78.8 Å². The smallest absolute Gasteiger partial charge is 0.0184 e. The summed E-state index contributed by atoms with van der Waals surface area (Å²) >= 11 is 0. The lowest BCUT2D eigenvalue weighted by Gasteiger charge is -2.80. The van der Waals surface area contributed by atoms with Gasteiger partial charge in [-0.15, -0.1) is 0 Å². The highest BCUT2D eigenvalue weighted by molar-refractivity contribution is 5.25. The van der Waals surface area contributed by atoms with Crippen LogP contribution < -0.4 is 0 Å². The third-order valence-electron chi connectivity index (χ3n) is 15.4. The van der Waals surface area contributed by atoms with Gasteiger partial charge < -0.3 is 0 Å². The van der Waals surface area contributed by atoms with Crippen LogP contribution in [0.5, 0.6) is 0 Å². The molecular weight excluding hydrogens is 420 g/mol. The minimum Gasteiger partial charge on any atom is -0.0596 e. The van der Waals surface area contributed by atoms with Crippen LogP contribution in [0, 0.1) is 78.8 Å². The van der Waals surface area contributed by atoms with Crippen LogP contribution in [-0.2, 0) is 0 Å². The maximum atomic E-state index is 2.58. The van der Waals surface area contributed by atoms with Crippen LogP contribution in [0.3, 0.4) is 0 Å². The highest BCUT2D eigenvalue weighted by atomic mass is 14.8. The molecule has 0 aromatic rings. The zero-order valence-electron chi connectivity index (χ0n) is 25.8. The standard InChI is InChI=1S/C22H36.C13H24/c1-19(2,3)21-10-14-8-17-16(12-21)18-9-15(21)7-13(14)11-22(17,18)20(4,5)6;1-10(2,3)12-7-13(8-12,9-12)11(4,5)6/h13-18H,7-12H2,1-6H3;7-9H2,1-6H3. The maximum absolute atomic E-state index is 2.58. The fourth-order valence-corrected chi connectivity index (χ4v) is 12.7. The molecule has 7 rings (SSSR count). The molecule has 8 unspecified atom stereocenters. The molecule has 8 atom stereocenters. The molecule has 200 valence electrons. The van der Waals surface area contributed by atoms with E-state index in [0.717, 1.165) is 51.8 Å². The summed E-state index contributed by atoms with van der Waals surface area (Å²) in [5.74, 6) is 6.49. The van der Waals surface area contributed by atoms with Gasteiger partial charge in [-0.1, -0.05) is 83.1 Å². The van der Waals surface area contributed by atoms with E-state index in [2.05, 4.69) is 83.1 Å². The van der Waals surface area contributed by atoms with Crippen molar-refractivity contribution in [3.8, 4) is 0 Å². The third kappa shape index (κ3) is 2.83. The summed E-state index contributed by atoms with van der Waals surface area (Å²) in [6.07, 6.45) is 14.1. The molecule has 0 radical (unpaired) electrons. The summed E-state index contributed by atoms with van der Waals surface area (Å²) in [6, 6.07) is 0. The quantitative estimate of drug-likeness (QED) is 0.323. The van der Waals surface area contributed by atoms with E-state index < -0.39 is 0 Å². The van der Waals surface area contributed by atoms with E-state index >= 15 is 0 Å². The number of hydrogen-bond donors (Lipinski definition) is 0. The Kier molecular flexibility index (Phi) is 4.76. The zero-order chi connectivity index (χ0) is 25.8. The minimum atomic E-state index is 0.519. The van der Waals surface area contributed by atoms with Crippen molar-refractivity contribution < 1.29 is 0 Å². The molecule has 0 heterocycles. The van der Waals surface area contributed by atoms with Gasteiger partial charge in [0.15, 0.2) is 0 Å². The summed E-state index contributed by atoms with van der Waals surface area (Å²) in [4.78, 5) is 0. The number of fused-ring (bicyclic) bond motifs is 6. The molecule has 7 fully saturated rings. The van der Waals surface area contributed by atoms with Gasteiger partial charge in [0.1, 0.15) is 0 Å². The normalized spacial score (nSPS) is 53.1. The second kappa shape index (κ2) is 6.58. The monoisotopic (exact) mass is 480 g/mol. The van der Waals surface area contributed by atoms with Gasteiger partial charge in [0.05, 0.1) is 0 Å². The lowest BCUT2D eigenvalue weighted by molar-refractivity contribution is -0.302. The van der Waals surface area contributed by atoms with Crippen molar-refractivity contribution in [2.75, 3.05) is 0 Å². The van der Waals surface area contributed by atoms with Gasteiger partial charge in [0.2, 0.25) is 0 Å². The molecule has 35 heavy (non-hydrogen) atoms. The lowest BCUT2D eigenvalue weighted by atomic mass is 9.25. The Hall–Kier alpha value is 0. The molecule has 2 bridgehead atoms. The van der Waals surface area contributed by atoms with Crippen LogP contribution in [-0.4, -0.2) is 0 Å². The van der Waals surface area contributed by atoms with Gasteiger partial charge in [-0.2, -0.15) is 0 Å². The number of hydrogen-bond acceptors (Lipinski definition) is 0. The van der Waals surface area contributed by atoms with E-state index in [9.17, 15) is 0 Å². The molecule has 0 saturated heterocycles. The Bertz CT molecular complexity index is 807. The predicted molar refractivity (Wildman–Crippen MR) is 150 cm³/mol. The Morgan fingerprint density at radius 3 is 1.43 bits per heavy atom. The highest BCUT2D eigenvalue weighted by Gasteiger charge is 2.77. The topological polar surface area (TPSA) is 0 Å². The summed E-state index contributed by atoms with van der Waals surface area (Å²) in [7, 11) is 0. The number of rotatable bonds is 0. The van der Waals surface area contributed by atoms with Crippen LogP contribution in [0.2, 0.25) is 0 Å². The molecule has 0 nitrogen and oxygen atoms in total. The van der Waals surface area contributed by atoms with Crippen molar-refractivity contribution in [1.29, 1.82) is 0 Å². The molecule has 0 aromatic heterocycles. The zero-order valence-corrected chi connectivity index (χ0v) is 25.8. The average Bonchev–Trinajstić information content (AvgIpc) is 2.64. The van der Waals surface area contributed by atoms with Crippen molar-refractivity contribution in [3.63, 3.8) is 0 Å². The molecule has 7 saturated carbocycles. The van der Waals surface area contributed by atoms with Crippen LogP contribution in [0.1, 0.15) is 141 Å². The molecule has 7 aliphatic carbocycles. The Labute approximate surface area is 219 Å². The molecule has 0 aromatic carbocycles. The van der Waals surface area contributed by atoms with E-state index in [0.29, 0.717) is 27.1 Å². The SMILES string of the molecule is CC(C)(C)C12CC(C(C)(C)C)(C1)C2.CC(C)(C)C12CC3CC4C(C1)C1CC2CC3CC41C(C)(C)C. The van der Waals surface area contributed by atoms with Gasteiger partial charge >= 0.3 is 0 Å². The molecule has 0 spiro atoms. The Morgan fingerprint density at radius 2 is 0.971 bits per heavy atom. The molecule has 0 heteroatoms. The summed E-state index contributed by atoms with van der Waals surface area (Å²) < 4.78 is 0. The first-order valence-electron chi connectivity index (χ1n) is 15.7. The molecule has 0 amide bonds. The molecule has 0 aliphatic heterocycles. The van der Waals surface area contributed by atoms with Crippen molar-refractivity contribution in [1.82, 2.24) is 0 Å². The van der Waals surface area contributed by atoms with E-state index in [4.69, 9.17) is 0 Å². The van der Waals surface area contributed by atoms with Gasteiger partial charge in [0, 0.05) is 0 Å². The van der Waals surface area contributed by atoms with Crippen molar-refractivity contribution in [3.05, 3.63) is 0 Å². The fraction of sp³-hybridized carbons (Fsp3) is 1.00. The van der Waals surface area contributed by atoms with Crippen LogP contribution >= 0.6 is 0 Å². The van der Waals surface area contributed by atoms with Gasteiger partial charge in [-0.25, -0.2) is 0 Å². The second-order valence-corrected chi connectivity index (χ2v) is 19.7. The average molecular weight is 481 g/mol. The predicted octanol–water partition coefficient (Wildman–Crippen LogP) is 10.4. The summed E-state index contributed by atoms with van der Waals surface area (Å²) in [5.41, 5.74) is 5.00. The van der Waals surface area contributed by atoms with E-state index in [1.54, 1.807) is 38.5 Å². The van der Waals surface area contributed by atoms with Crippen LogP contribution in [0.15, 0.2) is 0 Å². The first-order chi connectivity index (χ1) is 15.7. The van der Waals surface area contributed by atoms with Gasteiger partial charge in [-0.3, -0.25) is 0 Å². The van der Waals surface area contributed by atoms with E-state index in [1.165, 1.54) is 19.3 Å².